The molecule has 0 saturated heterocycles. The Balaban J connectivity index is 2.07. The van der Waals surface area contributed by atoms with Crippen LogP contribution in [-0.2, 0) is 17.9 Å². The van der Waals surface area contributed by atoms with E-state index in [4.69, 9.17) is 15.2 Å². The average Bonchev–Trinajstić information content (AvgIpc) is 3.17. The van der Waals surface area contributed by atoms with E-state index in [9.17, 15) is 4.79 Å². The summed E-state index contributed by atoms with van der Waals surface area (Å²) in [5, 5.41) is 2.03. The maximum Gasteiger partial charge on any atom is 0.226 e. The predicted octanol–water partition coefficient (Wildman–Crippen LogP) is 3.28. The molecule has 1 unspecified atom stereocenters. The number of benzene rings is 1. The molecule has 0 radical (unpaired) electrons. The lowest BCUT2D eigenvalue weighted by Gasteiger charge is -2.24. The first-order chi connectivity index (χ1) is 12.1. The molecule has 0 spiro atoms. The Morgan fingerprint density at radius 3 is 2.72 bits per heavy atom. The van der Waals surface area contributed by atoms with Crippen LogP contribution in [0.15, 0.2) is 35.7 Å². The molecule has 1 amide bonds. The summed E-state index contributed by atoms with van der Waals surface area (Å²) in [5.74, 6) is 1.27. The summed E-state index contributed by atoms with van der Waals surface area (Å²) in [6, 6.07) is 9.83. The molecule has 0 bridgehead atoms. The second kappa shape index (κ2) is 9.44. The van der Waals surface area contributed by atoms with E-state index in [2.05, 4.69) is 0 Å². The highest BCUT2D eigenvalue weighted by Crippen LogP contribution is 2.30. The van der Waals surface area contributed by atoms with E-state index in [0.29, 0.717) is 37.7 Å². The van der Waals surface area contributed by atoms with E-state index in [1.54, 1.807) is 23.3 Å². The lowest BCUT2D eigenvalue weighted by Crippen LogP contribution is -2.37. The van der Waals surface area contributed by atoms with Crippen LogP contribution in [0.5, 0.6) is 11.5 Å². The van der Waals surface area contributed by atoms with Gasteiger partial charge in [-0.2, -0.15) is 0 Å². The van der Waals surface area contributed by atoms with Gasteiger partial charge in [-0.3, -0.25) is 4.79 Å². The van der Waals surface area contributed by atoms with E-state index in [0.717, 1.165) is 10.4 Å². The molecule has 1 aromatic carbocycles. The standard InChI is InChI=1S/C19H26N2O3S/c1-4-21(19(22)14(2)11-20)12-15-7-8-17(18(10-15)23-3)24-13-16-6-5-9-25-16/h5-10,14H,4,11-13,20H2,1-3H3. The summed E-state index contributed by atoms with van der Waals surface area (Å²) >= 11 is 1.66. The SMILES string of the molecule is CCN(Cc1ccc(OCc2cccs2)c(OC)c1)C(=O)C(C)CN. The summed E-state index contributed by atoms with van der Waals surface area (Å²) in [6.45, 7) is 5.86. The van der Waals surface area contributed by atoms with Gasteiger partial charge in [-0.1, -0.05) is 19.1 Å². The van der Waals surface area contributed by atoms with Crippen molar-refractivity contribution < 1.29 is 14.3 Å². The van der Waals surface area contributed by atoms with Gasteiger partial charge in [-0.05, 0) is 36.1 Å². The number of amides is 1. The highest BCUT2D eigenvalue weighted by molar-refractivity contribution is 7.09. The van der Waals surface area contributed by atoms with Crippen LogP contribution in [-0.4, -0.2) is 31.0 Å². The Morgan fingerprint density at radius 1 is 1.32 bits per heavy atom. The Hall–Kier alpha value is -2.05. The third kappa shape index (κ3) is 5.21. The molecule has 2 N–H and O–H groups in total. The van der Waals surface area contributed by atoms with Crippen molar-refractivity contribution in [2.75, 3.05) is 20.2 Å². The molecule has 0 fully saturated rings. The minimum atomic E-state index is -0.171. The first-order valence-corrected chi connectivity index (χ1v) is 9.27. The second-order valence-corrected chi connectivity index (χ2v) is 6.87. The van der Waals surface area contributed by atoms with Crippen molar-refractivity contribution in [2.45, 2.75) is 27.0 Å². The summed E-state index contributed by atoms with van der Waals surface area (Å²) in [5.41, 5.74) is 6.61. The number of rotatable bonds is 9. The van der Waals surface area contributed by atoms with Crippen LogP contribution >= 0.6 is 11.3 Å². The monoisotopic (exact) mass is 362 g/mol. The molecule has 0 aliphatic rings. The molecular weight excluding hydrogens is 336 g/mol. The minimum absolute atomic E-state index is 0.0713. The van der Waals surface area contributed by atoms with Gasteiger partial charge in [-0.15, -0.1) is 11.3 Å². The van der Waals surface area contributed by atoms with Gasteiger partial charge in [0.15, 0.2) is 11.5 Å². The first kappa shape index (κ1) is 19.3. The molecule has 0 saturated carbocycles. The molecule has 0 aliphatic heterocycles. The lowest BCUT2D eigenvalue weighted by molar-refractivity contribution is -0.135. The largest absolute Gasteiger partial charge is 0.493 e. The average molecular weight is 362 g/mol. The van der Waals surface area contributed by atoms with E-state index in [1.165, 1.54) is 0 Å². The van der Waals surface area contributed by atoms with Gasteiger partial charge in [-0.25, -0.2) is 0 Å². The van der Waals surface area contributed by atoms with Crippen molar-refractivity contribution >= 4 is 17.2 Å². The van der Waals surface area contributed by atoms with E-state index >= 15 is 0 Å². The molecule has 2 rings (SSSR count). The number of hydrogen-bond donors (Lipinski definition) is 1. The zero-order chi connectivity index (χ0) is 18.2. The zero-order valence-electron chi connectivity index (χ0n) is 15.0. The molecule has 25 heavy (non-hydrogen) atoms. The van der Waals surface area contributed by atoms with Crippen LogP contribution in [0.1, 0.15) is 24.3 Å². The topological polar surface area (TPSA) is 64.8 Å². The van der Waals surface area contributed by atoms with Crippen molar-refractivity contribution in [3.05, 3.63) is 46.2 Å². The van der Waals surface area contributed by atoms with Gasteiger partial charge < -0.3 is 20.1 Å². The first-order valence-electron chi connectivity index (χ1n) is 8.40. The third-order valence-corrected chi connectivity index (χ3v) is 4.87. The van der Waals surface area contributed by atoms with Crippen molar-refractivity contribution in [2.24, 2.45) is 11.7 Å². The van der Waals surface area contributed by atoms with E-state index in [1.807, 2.05) is 49.6 Å². The number of hydrogen-bond acceptors (Lipinski definition) is 5. The van der Waals surface area contributed by atoms with Crippen LogP contribution in [0.25, 0.3) is 0 Å². The second-order valence-electron chi connectivity index (χ2n) is 5.84. The molecule has 1 atom stereocenters. The number of methoxy groups -OCH3 is 1. The summed E-state index contributed by atoms with van der Waals surface area (Å²) in [6.07, 6.45) is 0. The maximum atomic E-state index is 12.4. The fourth-order valence-electron chi connectivity index (χ4n) is 2.45. The third-order valence-electron chi connectivity index (χ3n) is 4.02. The normalized spacial score (nSPS) is 11.8. The fraction of sp³-hybridized carbons (Fsp3) is 0.421. The van der Waals surface area contributed by atoms with Crippen LogP contribution < -0.4 is 15.2 Å². The van der Waals surface area contributed by atoms with Gasteiger partial charge in [0.25, 0.3) is 0 Å². The molecule has 2 aromatic rings. The predicted molar refractivity (Wildman–Crippen MR) is 101 cm³/mol. The Labute approximate surface area is 153 Å². The van der Waals surface area contributed by atoms with Crippen molar-refractivity contribution in [1.82, 2.24) is 4.90 Å². The number of ether oxygens (including phenoxy) is 2. The number of thiophene rings is 1. The van der Waals surface area contributed by atoms with Crippen LogP contribution in [0.2, 0.25) is 0 Å². The Morgan fingerprint density at radius 2 is 2.12 bits per heavy atom. The van der Waals surface area contributed by atoms with Crippen LogP contribution in [0.3, 0.4) is 0 Å². The van der Waals surface area contributed by atoms with Gasteiger partial charge >= 0.3 is 0 Å². The summed E-state index contributed by atoms with van der Waals surface area (Å²) in [7, 11) is 1.62. The smallest absolute Gasteiger partial charge is 0.226 e. The Bertz CT molecular complexity index is 673. The summed E-state index contributed by atoms with van der Waals surface area (Å²) < 4.78 is 11.3. The van der Waals surface area contributed by atoms with E-state index in [-0.39, 0.29) is 11.8 Å². The van der Waals surface area contributed by atoms with Crippen molar-refractivity contribution in [3.8, 4) is 11.5 Å². The highest BCUT2D eigenvalue weighted by Gasteiger charge is 2.18. The van der Waals surface area contributed by atoms with E-state index < -0.39 is 0 Å². The molecule has 1 heterocycles. The lowest BCUT2D eigenvalue weighted by atomic mass is 10.1. The van der Waals surface area contributed by atoms with Gasteiger partial charge in [0.05, 0.1) is 7.11 Å². The molecule has 136 valence electrons. The molecule has 1 aromatic heterocycles. The summed E-state index contributed by atoms with van der Waals surface area (Å²) in [4.78, 5) is 15.3. The number of carbonyl (C=O) groups excluding carboxylic acids is 1. The van der Waals surface area contributed by atoms with Crippen LogP contribution in [0, 0.1) is 5.92 Å². The van der Waals surface area contributed by atoms with Crippen molar-refractivity contribution in [3.63, 3.8) is 0 Å². The van der Waals surface area contributed by atoms with Crippen LogP contribution in [0.4, 0.5) is 0 Å². The number of nitrogens with two attached hydrogens (primary N) is 1. The number of carbonyl (C=O) groups is 1. The molecular formula is C19H26N2O3S. The van der Waals surface area contributed by atoms with Gasteiger partial charge in [0.2, 0.25) is 5.91 Å². The highest BCUT2D eigenvalue weighted by atomic mass is 32.1. The number of nitrogens with zero attached hydrogens (tertiary/aromatic N) is 1. The Kier molecular flexibility index (Phi) is 7.28. The van der Waals surface area contributed by atoms with Gasteiger partial charge in [0, 0.05) is 30.4 Å². The molecule has 5 nitrogen and oxygen atoms in total. The molecule has 0 aliphatic carbocycles. The van der Waals surface area contributed by atoms with Gasteiger partial charge in [0.1, 0.15) is 6.61 Å². The van der Waals surface area contributed by atoms with Crippen molar-refractivity contribution in [1.29, 1.82) is 0 Å². The maximum absolute atomic E-state index is 12.4. The quantitative estimate of drug-likeness (QED) is 0.743. The fourth-order valence-corrected chi connectivity index (χ4v) is 3.07. The zero-order valence-corrected chi connectivity index (χ0v) is 15.8. The molecule has 6 heteroatoms. The minimum Gasteiger partial charge on any atom is -0.493 e.